The number of rotatable bonds is 6. The summed E-state index contributed by atoms with van der Waals surface area (Å²) in [4.78, 5) is 15.4. The molecule has 0 N–H and O–H groups in total. The Morgan fingerprint density at radius 3 is 1.61 bits per heavy atom. The highest BCUT2D eigenvalue weighted by molar-refractivity contribution is 7.26. The van der Waals surface area contributed by atoms with Crippen molar-refractivity contribution in [3.05, 3.63) is 188 Å². The lowest BCUT2D eigenvalue weighted by atomic mass is 9.94. The van der Waals surface area contributed by atoms with Gasteiger partial charge in [0.15, 0.2) is 17.5 Å². The van der Waals surface area contributed by atoms with Gasteiger partial charge in [0.1, 0.15) is 11.2 Å². The number of hydrogen-bond acceptors (Lipinski definition) is 5. The molecule has 4 nitrogen and oxygen atoms in total. The van der Waals surface area contributed by atoms with E-state index in [4.69, 9.17) is 19.4 Å². The van der Waals surface area contributed by atoms with Crippen molar-refractivity contribution >= 4 is 53.4 Å². The fourth-order valence-corrected chi connectivity index (χ4v) is 9.25. The summed E-state index contributed by atoms with van der Waals surface area (Å²) in [5.41, 5.74) is 11.4. The maximum atomic E-state index is 6.74. The summed E-state index contributed by atoms with van der Waals surface area (Å²) in [5, 5.41) is 4.60. The Morgan fingerprint density at radius 2 is 0.857 bits per heavy atom. The lowest BCUT2D eigenvalue weighted by Gasteiger charge is -2.10. The van der Waals surface area contributed by atoms with Crippen molar-refractivity contribution in [1.82, 2.24) is 15.0 Å². The minimum atomic E-state index is 0.635. The molecule has 0 aliphatic rings. The highest BCUT2D eigenvalue weighted by Crippen LogP contribution is 2.47. The average Bonchev–Trinajstić information content (AvgIpc) is 3.86. The lowest BCUT2D eigenvalue weighted by Crippen LogP contribution is -2.00. The van der Waals surface area contributed by atoms with Gasteiger partial charge in [-0.15, -0.1) is 11.3 Å². The molecule has 0 amide bonds. The zero-order valence-corrected chi connectivity index (χ0v) is 30.9. The van der Waals surface area contributed by atoms with Crippen LogP contribution in [-0.2, 0) is 0 Å². The maximum absolute atomic E-state index is 6.74. The van der Waals surface area contributed by atoms with Gasteiger partial charge in [0.05, 0.1) is 0 Å². The van der Waals surface area contributed by atoms with E-state index < -0.39 is 0 Å². The van der Waals surface area contributed by atoms with E-state index in [0.29, 0.717) is 17.5 Å². The second-order valence-electron chi connectivity index (χ2n) is 13.9. The largest absolute Gasteiger partial charge is 0.455 e. The van der Waals surface area contributed by atoms with E-state index in [-0.39, 0.29) is 0 Å². The highest BCUT2D eigenvalue weighted by Gasteiger charge is 2.21. The maximum Gasteiger partial charge on any atom is 0.165 e. The molecule has 0 aliphatic carbocycles. The minimum Gasteiger partial charge on any atom is -0.455 e. The summed E-state index contributed by atoms with van der Waals surface area (Å²) in [6, 6.07) is 65.5. The van der Waals surface area contributed by atoms with Crippen molar-refractivity contribution < 1.29 is 4.42 Å². The highest BCUT2D eigenvalue weighted by atomic mass is 32.1. The summed E-state index contributed by atoms with van der Waals surface area (Å²) >= 11 is 1.78. The average molecular weight is 734 g/mol. The van der Waals surface area contributed by atoms with Crippen LogP contribution >= 0.6 is 11.3 Å². The summed E-state index contributed by atoms with van der Waals surface area (Å²) < 4.78 is 9.06. The molecule has 8 aromatic carbocycles. The predicted octanol–water partition coefficient (Wildman–Crippen LogP) is 14.1. The topological polar surface area (TPSA) is 51.8 Å². The first kappa shape index (κ1) is 32.2. The van der Waals surface area contributed by atoms with Gasteiger partial charge in [-0.25, -0.2) is 15.0 Å². The van der Waals surface area contributed by atoms with Crippen LogP contribution in [0.1, 0.15) is 0 Å². The van der Waals surface area contributed by atoms with Crippen molar-refractivity contribution in [3.8, 4) is 67.5 Å². The zero-order chi connectivity index (χ0) is 37.0. The third-order valence-electron chi connectivity index (χ3n) is 10.6. The molecular formula is C51H31N3OS. The normalized spacial score (nSPS) is 11.6. The first-order chi connectivity index (χ1) is 27.8. The molecule has 11 aromatic rings. The van der Waals surface area contributed by atoms with Crippen LogP contribution in [0.3, 0.4) is 0 Å². The van der Waals surface area contributed by atoms with Crippen LogP contribution in [0, 0.1) is 0 Å². The van der Waals surface area contributed by atoms with Gasteiger partial charge in [-0.2, -0.15) is 0 Å². The van der Waals surface area contributed by atoms with Crippen LogP contribution in [0.25, 0.3) is 110 Å². The van der Waals surface area contributed by atoms with Crippen LogP contribution in [0.15, 0.2) is 192 Å². The molecule has 0 spiro atoms. The van der Waals surface area contributed by atoms with Crippen LogP contribution in [0.5, 0.6) is 0 Å². The number of hydrogen-bond donors (Lipinski definition) is 0. The van der Waals surface area contributed by atoms with Gasteiger partial charge in [0.2, 0.25) is 0 Å². The number of thiophene rings is 1. The molecule has 3 heterocycles. The zero-order valence-electron chi connectivity index (χ0n) is 30.1. The summed E-state index contributed by atoms with van der Waals surface area (Å²) in [6.45, 7) is 0. The Morgan fingerprint density at radius 1 is 0.339 bits per heavy atom. The summed E-state index contributed by atoms with van der Waals surface area (Å²) in [5.74, 6) is 1.92. The number of aromatic nitrogens is 3. The number of fused-ring (bicyclic) bond motifs is 6. The molecule has 0 bridgehead atoms. The SMILES string of the molecule is c1ccc(-c2cccc(-c3nc(-c4ccccc4)nc(-c4cccc5c4sc4c(-c6ccc(-c7ccccc7)c7c6oc6ccccc67)cccc45)n3)c2)cc1. The molecule has 0 radical (unpaired) electrons. The smallest absolute Gasteiger partial charge is 0.165 e. The summed E-state index contributed by atoms with van der Waals surface area (Å²) in [7, 11) is 0. The number of benzene rings is 8. The molecule has 0 aliphatic heterocycles. The van der Waals surface area contributed by atoms with Crippen molar-refractivity contribution in [2.75, 3.05) is 0 Å². The molecule has 5 heteroatoms. The molecule has 262 valence electrons. The van der Waals surface area contributed by atoms with E-state index in [1.807, 2.05) is 30.3 Å². The second kappa shape index (κ2) is 13.3. The Labute approximate surface area is 327 Å². The third-order valence-corrected chi connectivity index (χ3v) is 11.8. The Bertz CT molecular complexity index is 3240. The minimum absolute atomic E-state index is 0.635. The first-order valence-electron chi connectivity index (χ1n) is 18.7. The van der Waals surface area contributed by atoms with Crippen LogP contribution < -0.4 is 0 Å². The molecule has 0 saturated carbocycles. The van der Waals surface area contributed by atoms with E-state index in [0.717, 1.165) is 71.1 Å². The van der Waals surface area contributed by atoms with Crippen LogP contribution in [-0.4, -0.2) is 15.0 Å². The molecule has 0 saturated heterocycles. The fourth-order valence-electron chi connectivity index (χ4n) is 7.92. The van der Waals surface area contributed by atoms with E-state index in [9.17, 15) is 0 Å². The van der Waals surface area contributed by atoms with E-state index >= 15 is 0 Å². The standard InChI is InChI=1S/C51H31N3OS/c1-4-15-32(16-5-1)35-21-12-22-36(31-35)50-52-49(34-19-8-3-9-20-34)53-51(54-50)43-27-14-26-41-40-25-13-24-39(47(40)56-48(41)43)38-30-29-37(33-17-6-2-7-18-33)45-42-23-10-11-28-44(42)55-46(38)45/h1-31H. The van der Waals surface area contributed by atoms with Gasteiger partial charge in [-0.3, -0.25) is 0 Å². The number of para-hydroxylation sites is 1. The van der Waals surface area contributed by atoms with Gasteiger partial charge in [-0.05, 0) is 46.5 Å². The van der Waals surface area contributed by atoms with E-state index in [1.54, 1.807) is 11.3 Å². The van der Waals surface area contributed by atoms with Gasteiger partial charge in [-0.1, -0.05) is 164 Å². The number of nitrogens with zero attached hydrogens (tertiary/aromatic N) is 3. The van der Waals surface area contributed by atoms with Crippen molar-refractivity contribution in [3.63, 3.8) is 0 Å². The molecule has 0 unspecified atom stereocenters. The molecule has 3 aromatic heterocycles. The Hall–Kier alpha value is -7.21. The Kier molecular flexibility index (Phi) is 7.64. The van der Waals surface area contributed by atoms with Crippen molar-refractivity contribution in [1.29, 1.82) is 0 Å². The van der Waals surface area contributed by atoms with Crippen molar-refractivity contribution in [2.45, 2.75) is 0 Å². The van der Waals surface area contributed by atoms with Gasteiger partial charge < -0.3 is 4.42 Å². The molecular weight excluding hydrogens is 703 g/mol. The fraction of sp³-hybridized carbons (Fsp3) is 0. The quantitative estimate of drug-likeness (QED) is 0.171. The number of furan rings is 1. The second-order valence-corrected chi connectivity index (χ2v) is 14.9. The molecule has 11 rings (SSSR count). The predicted molar refractivity (Wildman–Crippen MR) is 233 cm³/mol. The van der Waals surface area contributed by atoms with Crippen LogP contribution in [0.2, 0.25) is 0 Å². The Balaban J connectivity index is 1.12. The van der Waals surface area contributed by atoms with E-state index in [2.05, 4.69) is 158 Å². The van der Waals surface area contributed by atoms with Crippen molar-refractivity contribution in [2.24, 2.45) is 0 Å². The van der Waals surface area contributed by atoms with Gasteiger partial charge >= 0.3 is 0 Å². The third kappa shape index (κ3) is 5.40. The lowest BCUT2D eigenvalue weighted by molar-refractivity contribution is 0.670. The monoisotopic (exact) mass is 733 g/mol. The van der Waals surface area contributed by atoms with Gasteiger partial charge in [0.25, 0.3) is 0 Å². The summed E-state index contributed by atoms with van der Waals surface area (Å²) in [6.07, 6.45) is 0. The molecule has 0 fully saturated rings. The molecule has 0 atom stereocenters. The van der Waals surface area contributed by atoms with Gasteiger partial charge in [0, 0.05) is 58.8 Å². The van der Waals surface area contributed by atoms with Crippen LogP contribution in [0.4, 0.5) is 0 Å². The van der Waals surface area contributed by atoms with E-state index in [1.165, 1.54) is 21.0 Å². The first-order valence-corrected chi connectivity index (χ1v) is 19.5. The molecule has 56 heavy (non-hydrogen) atoms.